The number of thioether (sulfide) groups is 1. The van der Waals surface area contributed by atoms with Crippen LogP contribution >= 0.6 is 11.8 Å². The number of methoxy groups -OCH3 is 1. The first-order chi connectivity index (χ1) is 15.6. The van der Waals surface area contributed by atoms with Gasteiger partial charge in [-0.2, -0.15) is 5.10 Å². The van der Waals surface area contributed by atoms with Gasteiger partial charge in [0.25, 0.3) is 5.56 Å². The molecule has 0 aliphatic rings. The van der Waals surface area contributed by atoms with Crippen molar-refractivity contribution in [2.75, 3.05) is 12.4 Å². The van der Waals surface area contributed by atoms with Crippen LogP contribution in [0.4, 0.5) is 5.82 Å². The van der Waals surface area contributed by atoms with Gasteiger partial charge in [0.05, 0.1) is 35.0 Å². The number of nitrogens with one attached hydrogen (secondary N) is 1. The number of ether oxygens (including phenoxy) is 1. The van der Waals surface area contributed by atoms with E-state index in [4.69, 9.17) is 4.74 Å². The lowest BCUT2D eigenvalue weighted by Gasteiger charge is -2.18. The topological polar surface area (TPSA) is 108 Å². The number of amides is 1. The minimum atomic E-state index is -0.535. The Hall–Kier alpha value is -3.14. The zero-order valence-corrected chi connectivity index (χ0v) is 20.5. The summed E-state index contributed by atoms with van der Waals surface area (Å²) in [5.74, 6) is 0.0707. The van der Waals surface area contributed by atoms with Gasteiger partial charge < -0.3 is 10.1 Å². The molecule has 3 rings (SSSR count). The van der Waals surface area contributed by atoms with E-state index in [1.165, 1.54) is 24.9 Å². The summed E-state index contributed by atoms with van der Waals surface area (Å²) in [6.45, 7) is 10.2. The third-order valence-corrected chi connectivity index (χ3v) is 6.04. The standard InChI is InChI=1S/C23H29N5O4S/c1-13(2)12-27-21(30)17-8-7-16(22(31)32-6)11-18(17)25-23(27)33-15(5)20(29)26-19-9-10-24-28(19)14(3)4/h7-11,13-15H,12H2,1-6H3,(H,26,29). The minimum absolute atomic E-state index is 0.0978. The Balaban J connectivity index is 1.96. The van der Waals surface area contributed by atoms with Crippen LogP contribution in [0.25, 0.3) is 10.9 Å². The Morgan fingerprint density at radius 1 is 1.15 bits per heavy atom. The maximum atomic E-state index is 13.2. The highest BCUT2D eigenvalue weighted by molar-refractivity contribution is 8.00. The van der Waals surface area contributed by atoms with Crippen LogP contribution in [0.2, 0.25) is 0 Å². The predicted octanol–water partition coefficient (Wildman–Crippen LogP) is 3.74. The van der Waals surface area contributed by atoms with E-state index >= 15 is 0 Å². The van der Waals surface area contributed by atoms with Crippen molar-refractivity contribution in [1.82, 2.24) is 19.3 Å². The number of nitrogens with zero attached hydrogens (tertiary/aromatic N) is 4. The third kappa shape index (κ3) is 5.44. The van der Waals surface area contributed by atoms with Gasteiger partial charge in [0.2, 0.25) is 5.91 Å². The highest BCUT2D eigenvalue weighted by Gasteiger charge is 2.22. The minimum Gasteiger partial charge on any atom is -0.465 e. The van der Waals surface area contributed by atoms with Gasteiger partial charge >= 0.3 is 5.97 Å². The Labute approximate surface area is 196 Å². The second-order valence-corrected chi connectivity index (χ2v) is 9.74. The van der Waals surface area contributed by atoms with E-state index in [0.717, 1.165) is 0 Å². The SMILES string of the molecule is COC(=O)c1ccc2c(=O)n(CC(C)C)c(SC(C)C(=O)Nc3ccnn3C(C)C)nc2c1. The smallest absolute Gasteiger partial charge is 0.337 e. The Kier molecular flexibility index (Phi) is 7.57. The van der Waals surface area contributed by atoms with Gasteiger partial charge in [-0.3, -0.25) is 14.2 Å². The predicted molar refractivity (Wildman–Crippen MR) is 129 cm³/mol. The molecule has 1 unspecified atom stereocenters. The number of esters is 1. The molecule has 3 aromatic rings. The largest absolute Gasteiger partial charge is 0.465 e. The van der Waals surface area contributed by atoms with E-state index in [1.807, 2.05) is 27.7 Å². The fourth-order valence-electron chi connectivity index (χ4n) is 3.33. The maximum absolute atomic E-state index is 13.2. The van der Waals surface area contributed by atoms with Gasteiger partial charge in [0.1, 0.15) is 5.82 Å². The summed E-state index contributed by atoms with van der Waals surface area (Å²) in [6.07, 6.45) is 1.64. The molecular weight excluding hydrogens is 442 g/mol. The lowest BCUT2D eigenvalue weighted by atomic mass is 10.1. The summed E-state index contributed by atoms with van der Waals surface area (Å²) in [5, 5.41) is 7.43. The van der Waals surface area contributed by atoms with Gasteiger partial charge in [-0.25, -0.2) is 14.5 Å². The maximum Gasteiger partial charge on any atom is 0.337 e. The van der Waals surface area contributed by atoms with Crippen molar-refractivity contribution in [3.63, 3.8) is 0 Å². The molecule has 0 spiro atoms. The third-order valence-electron chi connectivity index (χ3n) is 4.95. The van der Waals surface area contributed by atoms with Gasteiger partial charge in [-0.05, 0) is 44.9 Å². The summed E-state index contributed by atoms with van der Waals surface area (Å²) in [5.41, 5.74) is 0.483. The van der Waals surface area contributed by atoms with Crippen LogP contribution in [-0.2, 0) is 16.1 Å². The number of rotatable bonds is 8. The Bertz CT molecular complexity index is 1230. The molecule has 0 aliphatic carbocycles. The van der Waals surface area contributed by atoms with Crippen molar-refractivity contribution in [3.8, 4) is 0 Å². The molecule has 1 aromatic carbocycles. The van der Waals surface area contributed by atoms with Crippen molar-refractivity contribution in [2.45, 2.75) is 57.6 Å². The molecule has 1 amide bonds. The number of anilines is 1. The zero-order valence-electron chi connectivity index (χ0n) is 19.7. The fraction of sp³-hybridized carbons (Fsp3) is 0.435. The molecule has 2 aromatic heterocycles. The van der Waals surface area contributed by atoms with Gasteiger partial charge in [-0.1, -0.05) is 25.6 Å². The summed E-state index contributed by atoms with van der Waals surface area (Å²) in [6, 6.07) is 6.52. The zero-order chi connectivity index (χ0) is 24.3. The molecule has 33 heavy (non-hydrogen) atoms. The molecule has 9 nitrogen and oxygen atoms in total. The molecule has 0 saturated carbocycles. The van der Waals surface area contributed by atoms with Crippen molar-refractivity contribution in [2.24, 2.45) is 5.92 Å². The number of fused-ring (bicyclic) bond motifs is 1. The number of hydrogen-bond donors (Lipinski definition) is 1. The van der Waals surface area contributed by atoms with Crippen LogP contribution in [0.15, 0.2) is 40.4 Å². The van der Waals surface area contributed by atoms with Crippen molar-refractivity contribution >= 4 is 40.4 Å². The summed E-state index contributed by atoms with van der Waals surface area (Å²) in [4.78, 5) is 42.7. The number of hydrogen-bond acceptors (Lipinski definition) is 7. The first-order valence-corrected chi connectivity index (χ1v) is 11.6. The molecule has 1 N–H and O–H groups in total. The first kappa shape index (κ1) is 24.5. The van der Waals surface area contributed by atoms with E-state index in [9.17, 15) is 14.4 Å². The van der Waals surface area contributed by atoms with E-state index in [-0.39, 0.29) is 23.4 Å². The van der Waals surface area contributed by atoms with E-state index in [1.54, 1.807) is 40.6 Å². The second-order valence-electron chi connectivity index (χ2n) is 8.43. The molecule has 0 aliphatic heterocycles. The normalized spacial score (nSPS) is 12.4. The van der Waals surface area contributed by atoms with Crippen molar-refractivity contribution in [3.05, 3.63) is 46.4 Å². The van der Waals surface area contributed by atoms with Gasteiger partial charge in [-0.15, -0.1) is 0 Å². The molecular formula is C23H29N5O4S. The van der Waals surface area contributed by atoms with Crippen LogP contribution in [-0.4, -0.2) is 43.6 Å². The van der Waals surface area contributed by atoms with Crippen LogP contribution in [0.5, 0.6) is 0 Å². The summed E-state index contributed by atoms with van der Waals surface area (Å²) < 4.78 is 8.10. The molecule has 10 heteroatoms. The number of benzene rings is 1. The van der Waals surface area contributed by atoms with E-state index in [2.05, 4.69) is 15.4 Å². The fourth-order valence-corrected chi connectivity index (χ4v) is 4.24. The molecule has 0 bridgehead atoms. The number of carbonyl (C=O) groups is 2. The summed E-state index contributed by atoms with van der Waals surface area (Å²) in [7, 11) is 1.30. The Morgan fingerprint density at radius 2 is 1.88 bits per heavy atom. The average Bonchev–Trinajstić information content (AvgIpc) is 3.23. The molecule has 0 saturated heterocycles. The highest BCUT2D eigenvalue weighted by atomic mass is 32.2. The molecule has 176 valence electrons. The van der Waals surface area contributed by atoms with Crippen LogP contribution < -0.4 is 10.9 Å². The van der Waals surface area contributed by atoms with Crippen LogP contribution in [0, 0.1) is 5.92 Å². The van der Waals surface area contributed by atoms with Gasteiger partial charge in [0.15, 0.2) is 5.16 Å². The van der Waals surface area contributed by atoms with E-state index in [0.29, 0.717) is 34.0 Å². The monoisotopic (exact) mass is 471 g/mol. The summed E-state index contributed by atoms with van der Waals surface area (Å²) >= 11 is 1.20. The van der Waals surface area contributed by atoms with Crippen LogP contribution in [0.3, 0.4) is 0 Å². The van der Waals surface area contributed by atoms with Crippen LogP contribution in [0.1, 0.15) is 51.0 Å². The molecule has 0 radical (unpaired) electrons. The number of aromatic nitrogens is 4. The quantitative estimate of drug-likeness (QED) is 0.303. The van der Waals surface area contributed by atoms with E-state index < -0.39 is 11.2 Å². The Morgan fingerprint density at radius 3 is 2.52 bits per heavy atom. The van der Waals surface area contributed by atoms with Crippen molar-refractivity contribution in [1.29, 1.82) is 0 Å². The molecule has 1 atom stereocenters. The molecule has 2 heterocycles. The van der Waals surface area contributed by atoms with Crippen molar-refractivity contribution < 1.29 is 14.3 Å². The second kappa shape index (κ2) is 10.2. The first-order valence-electron chi connectivity index (χ1n) is 10.8. The number of carbonyl (C=O) groups excluding carboxylic acids is 2. The molecule has 0 fully saturated rings. The highest BCUT2D eigenvalue weighted by Crippen LogP contribution is 2.25. The average molecular weight is 472 g/mol. The lowest BCUT2D eigenvalue weighted by Crippen LogP contribution is -2.29. The van der Waals surface area contributed by atoms with Gasteiger partial charge in [0, 0.05) is 18.7 Å². The lowest BCUT2D eigenvalue weighted by molar-refractivity contribution is -0.115.